The molecule has 0 fully saturated rings. The molecule has 0 N–H and O–H groups in total. The van der Waals surface area contributed by atoms with Crippen LogP contribution in [-0.2, 0) is 0 Å². The monoisotopic (exact) mass is 218 g/mol. The van der Waals surface area contributed by atoms with Gasteiger partial charge in [-0.1, -0.05) is 32.9 Å². The van der Waals surface area contributed by atoms with Crippen molar-refractivity contribution in [3.8, 4) is 5.75 Å². The Labute approximate surface area is 101 Å². The van der Waals surface area contributed by atoms with Crippen molar-refractivity contribution in [1.82, 2.24) is 0 Å². The highest BCUT2D eigenvalue weighted by Crippen LogP contribution is 2.25. The largest absolute Gasteiger partial charge is 0.500 e. The Bertz CT molecular complexity index is 303. The van der Waals surface area contributed by atoms with Crippen molar-refractivity contribution in [2.45, 2.75) is 46.0 Å². The maximum atomic E-state index is 5.63. The average Bonchev–Trinajstić information content (AvgIpc) is 2.16. The Kier molecular flexibility index (Phi) is 4.91. The smallest absolute Gasteiger partial charge is 0.154 e. The summed E-state index contributed by atoms with van der Waals surface area (Å²) in [5, 5.41) is 0. The van der Waals surface area contributed by atoms with Gasteiger partial charge in [-0.2, -0.15) is 0 Å². The summed E-state index contributed by atoms with van der Waals surface area (Å²) >= 11 is 0. The molecule has 0 aromatic heterocycles. The molecule has 0 aliphatic carbocycles. The molecule has 0 heterocycles. The fraction of sp³-hybridized carbons (Fsp3) is 0.571. The molecule has 0 saturated heterocycles. The van der Waals surface area contributed by atoms with Gasteiger partial charge in [0, 0.05) is 0 Å². The second kappa shape index (κ2) is 5.98. The van der Waals surface area contributed by atoms with Crippen LogP contribution >= 0.6 is 0 Å². The van der Waals surface area contributed by atoms with Crippen LogP contribution in [0.1, 0.15) is 45.6 Å². The summed E-state index contributed by atoms with van der Waals surface area (Å²) in [6, 6.07) is 8.77. The van der Waals surface area contributed by atoms with Crippen LogP contribution in [0, 0.1) is 5.92 Å². The van der Waals surface area contributed by atoms with Gasteiger partial charge in [-0.05, 0) is 42.9 Å². The van der Waals surface area contributed by atoms with Gasteiger partial charge >= 0.3 is 0 Å². The van der Waals surface area contributed by atoms with Gasteiger partial charge in [0.1, 0.15) is 5.75 Å². The first-order valence-corrected chi connectivity index (χ1v) is 6.25. The van der Waals surface area contributed by atoms with E-state index in [2.05, 4.69) is 59.8 Å². The minimum atomic E-state index is 0.249. The molecule has 1 aromatic carbocycles. The number of benzene rings is 1. The van der Waals surface area contributed by atoms with E-state index in [0.29, 0.717) is 5.92 Å². The molecule has 88 valence electrons. The van der Waals surface area contributed by atoms with E-state index >= 15 is 0 Å². The SMILES string of the molecule is BC(C)Oc1ccc(C(C)CC(C)C)cc1. The maximum Gasteiger partial charge on any atom is 0.154 e. The Morgan fingerprint density at radius 1 is 1.06 bits per heavy atom. The lowest BCUT2D eigenvalue weighted by atomic mass is 9.92. The summed E-state index contributed by atoms with van der Waals surface area (Å²) in [6.45, 7) is 8.88. The highest BCUT2D eigenvalue weighted by Gasteiger charge is 2.08. The number of rotatable bonds is 5. The minimum Gasteiger partial charge on any atom is -0.500 e. The van der Waals surface area contributed by atoms with Crippen molar-refractivity contribution < 1.29 is 4.74 Å². The van der Waals surface area contributed by atoms with Gasteiger partial charge in [-0.15, -0.1) is 0 Å². The second-order valence-corrected chi connectivity index (χ2v) is 5.27. The van der Waals surface area contributed by atoms with Crippen LogP contribution < -0.4 is 4.74 Å². The van der Waals surface area contributed by atoms with Gasteiger partial charge in [-0.25, -0.2) is 0 Å². The zero-order valence-corrected chi connectivity index (χ0v) is 11.2. The first kappa shape index (κ1) is 13.2. The quantitative estimate of drug-likeness (QED) is 0.689. The lowest BCUT2D eigenvalue weighted by Gasteiger charge is -2.15. The van der Waals surface area contributed by atoms with Crippen molar-refractivity contribution in [3.63, 3.8) is 0 Å². The molecule has 0 aliphatic rings. The molecule has 0 saturated carbocycles. The van der Waals surface area contributed by atoms with Crippen molar-refractivity contribution in [2.24, 2.45) is 5.92 Å². The maximum absolute atomic E-state index is 5.63. The van der Waals surface area contributed by atoms with Crippen molar-refractivity contribution in [3.05, 3.63) is 29.8 Å². The third-order valence-corrected chi connectivity index (χ3v) is 2.65. The van der Waals surface area contributed by atoms with Gasteiger partial charge in [0.2, 0.25) is 0 Å². The molecule has 0 spiro atoms. The number of hydrogen-bond donors (Lipinski definition) is 0. The molecule has 0 radical (unpaired) electrons. The Balaban J connectivity index is 2.63. The van der Waals surface area contributed by atoms with E-state index in [0.717, 1.165) is 11.7 Å². The highest BCUT2D eigenvalue weighted by atomic mass is 16.5. The summed E-state index contributed by atoms with van der Waals surface area (Å²) < 4.78 is 5.63. The molecule has 2 heteroatoms. The van der Waals surface area contributed by atoms with Crippen LogP contribution in [0.2, 0.25) is 0 Å². The van der Waals surface area contributed by atoms with Crippen LogP contribution in [0.25, 0.3) is 0 Å². The van der Waals surface area contributed by atoms with Gasteiger partial charge in [-0.3, -0.25) is 0 Å². The molecular formula is C14H23BO. The molecule has 1 aromatic rings. The predicted octanol–water partition coefficient (Wildman–Crippen LogP) is 3.19. The normalized spacial score (nSPS) is 14.8. The minimum absolute atomic E-state index is 0.249. The molecule has 0 aliphatic heterocycles. The summed E-state index contributed by atoms with van der Waals surface area (Å²) in [4.78, 5) is 0. The van der Waals surface area contributed by atoms with Crippen LogP contribution in [0.15, 0.2) is 24.3 Å². The summed E-state index contributed by atoms with van der Waals surface area (Å²) in [5.41, 5.74) is 1.41. The van der Waals surface area contributed by atoms with E-state index < -0.39 is 0 Å². The zero-order valence-electron chi connectivity index (χ0n) is 11.2. The van der Waals surface area contributed by atoms with Gasteiger partial charge < -0.3 is 4.74 Å². The molecule has 16 heavy (non-hydrogen) atoms. The first-order valence-electron chi connectivity index (χ1n) is 6.25. The summed E-state index contributed by atoms with van der Waals surface area (Å²) in [6.07, 6.45) is 1.24. The average molecular weight is 218 g/mol. The molecule has 2 unspecified atom stereocenters. The van der Waals surface area contributed by atoms with Crippen LogP contribution in [0.4, 0.5) is 0 Å². The van der Waals surface area contributed by atoms with E-state index in [4.69, 9.17) is 4.74 Å². The van der Waals surface area contributed by atoms with Gasteiger partial charge in [0.15, 0.2) is 7.85 Å². The third kappa shape index (κ3) is 4.30. The fourth-order valence-corrected chi connectivity index (χ4v) is 1.99. The lowest BCUT2D eigenvalue weighted by Crippen LogP contribution is -2.10. The second-order valence-electron chi connectivity index (χ2n) is 5.27. The standard InChI is InChI=1S/C14H23BO/c1-10(2)9-11(3)13-5-7-14(8-6-13)16-12(4)15/h5-8,10-12H,9,15H2,1-4H3. The van der Waals surface area contributed by atoms with Gasteiger partial charge in [0.25, 0.3) is 0 Å². The fourth-order valence-electron chi connectivity index (χ4n) is 1.99. The lowest BCUT2D eigenvalue weighted by molar-refractivity contribution is 0.300. The predicted molar refractivity (Wildman–Crippen MR) is 72.9 cm³/mol. The van der Waals surface area contributed by atoms with E-state index in [9.17, 15) is 0 Å². The van der Waals surface area contributed by atoms with E-state index in [1.54, 1.807) is 0 Å². The number of hydrogen-bond acceptors (Lipinski definition) is 1. The Morgan fingerprint density at radius 2 is 1.62 bits per heavy atom. The van der Waals surface area contributed by atoms with Crippen molar-refractivity contribution in [1.29, 1.82) is 0 Å². The highest BCUT2D eigenvalue weighted by molar-refractivity contribution is 6.10. The summed E-state index contributed by atoms with van der Waals surface area (Å²) in [7, 11) is 2.05. The number of ether oxygens (including phenoxy) is 1. The zero-order chi connectivity index (χ0) is 12.1. The van der Waals surface area contributed by atoms with Crippen molar-refractivity contribution in [2.75, 3.05) is 0 Å². The Morgan fingerprint density at radius 3 is 2.06 bits per heavy atom. The van der Waals surface area contributed by atoms with Crippen LogP contribution in [0.3, 0.4) is 0 Å². The summed E-state index contributed by atoms with van der Waals surface area (Å²) in [5.74, 6) is 2.35. The van der Waals surface area contributed by atoms with Crippen LogP contribution in [-0.4, -0.2) is 13.8 Å². The van der Waals surface area contributed by atoms with Gasteiger partial charge in [0.05, 0.1) is 6.00 Å². The molecule has 0 amide bonds. The molecule has 0 bridgehead atoms. The van der Waals surface area contributed by atoms with Crippen molar-refractivity contribution >= 4 is 7.85 Å². The Hall–Kier alpha value is -0.915. The topological polar surface area (TPSA) is 9.23 Å². The van der Waals surface area contributed by atoms with Crippen LogP contribution in [0.5, 0.6) is 5.75 Å². The third-order valence-electron chi connectivity index (χ3n) is 2.65. The molecule has 2 atom stereocenters. The molecular weight excluding hydrogens is 195 g/mol. The molecule has 1 nitrogen and oxygen atoms in total. The first-order chi connectivity index (χ1) is 7.49. The van der Waals surface area contributed by atoms with E-state index in [1.165, 1.54) is 12.0 Å². The van der Waals surface area contributed by atoms with E-state index in [1.807, 2.05) is 0 Å². The van der Waals surface area contributed by atoms with E-state index in [-0.39, 0.29) is 6.00 Å². The molecule has 1 rings (SSSR count).